The number of carbonyl (C=O) groups excluding carboxylic acids is 1. The van der Waals surface area contributed by atoms with E-state index in [1.807, 2.05) is 24.3 Å². The van der Waals surface area contributed by atoms with Gasteiger partial charge >= 0.3 is 5.97 Å². The molecule has 2 nitrogen and oxygen atoms in total. The molecule has 0 N–H and O–H groups in total. The van der Waals surface area contributed by atoms with Crippen LogP contribution in [0, 0.1) is 11.8 Å². The van der Waals surface area contributed by atoms with E-state index in [4.69, 9.17) is 4.74 Å². The molecule has 2 bridgehead atoms. The van der Waals surface area contributed by atoms with Gasteiger partial charge in [0, 0.05) is 4.47 Å². The van der Waals surface area contributed by atoms with Crippen LogP contribution in [0.5, 0.6) is 0 Å². The van der Waals surface area contributed by atoms with E-state index in [0.29, 0.717) is 17.4 Å². The molecule has 0 spiro atoms. The highest BCUT2D eigenvalue weighted by Crippen LogP contribution is 2.46. The van der Waals surface area contributed by atoms with Gasteiger partial charge in [0.15, 0.2) is 0 Å². The molecule has 0 heterocycles. The normalized spacial score (nSPS) is 30.5. The number of hydrogen-bond donors (Lipinski definition) is 0. The van der Waals surface area contributed by atoms with E-state index in [1.54, 1.807) is 0 Å². The van der Waals surface area contributed by atoms with Crippen LogP contribution in [0.2, 0.25) is 0 Å². The third-order valence-corrected chi connectivity index (χ3v) is 4.60. The van der Waals surface area contributed by atoms with Crippen molar-refractivity contribution in [3.63, 3.8) is 0 Å². The first-order chi connectivity index (χ1) is 8.24. The Hall–Kier alpha value is -0.830. The highest BCUT2D eigenvalue weighted by Gasteiger charge is 2.44. The first-order valence-corrected chi connectivity index (χ1v) is 7.00. The first-order valence-electron chi connectivity index (χ1n) is 6.20. The van der Waals surface area contributed by atoms with Gasteiger partial charge in [-0.3, -0.25) is 0 Å². The summed E-state index contributed by atoms with van der Waals surface area (Å²) in [5.41, 5.74) is 0.652. The van der Waals surface area contributed by atoms with Gasteiger partial charge < -0.3 is 4.74 Å². The molecule has 2 fully saturated rings. The van der Waals surface area contributed by atoms with Gasteiger partial charge in [0.25, 0.3) is 0 Å². The summed E-state index contributed by atoms with van der Waals surface area (Å²) in [5.74, 6) is 1.08. The molecule has 0 aliphatic heterocycles. The van der Waals surface area contributed by atoms with Gasteiger partial charge in [-0.1, -0.05) is 15.9 Å². The Morgan fingerprint density at radius 3 is 2.12 bits per heavy atom. The van der Waals surface area contributed by atoms with Crippen LogP contribution in [0.4, 0.5) is 0 Å². The van der Waals surface area contributed by atoms with Crippen molar-refractivity contribution in [2.24, 2.45) is 11.8 Å². The molecule has 0 atom stereocenters. The zero-order valence-electron chi connectivity index (χ0n) is 9.56. The number of halogens is 1. The summed E-state index contributed by atoms with van der Waals surface area (Å²) in [5, 5.41) is 0. The molecule has 1 aromatic rings. The van der Waals surface area contributed by atoms with E-state index in [2.05, 4.69) is 15.9 Å². The van der Waals surface area contributed by atoms with Crippen molar-refractivity contribution in [3.8, 4) is 0 Å². The highest BCUT2D eigenvalue weighted by molar-refractivity contribution is 9.10. The Kier molecular flexibility index (Phi) is 2.95. The maximum Gasteiger partial charge on any atom is 0.338 e. The van der Waals surface area contributed by atoms with Gasteiger partial charge in [-0.25, -0.2) is 4.79 Å². The first kappa shape index (κ1) is 11.3. The Morgan fingerprint density at radius 2 is 1.59 bits per heavy atom. The Morgan fingerprint density at radius 1 is 1.06 bits per heavy atom. The molecule has 2 aliphatic rings. The Balaban J connectivity index is 1.69. The maximum atomic E-state index is 12.0. The van der Waals surface area contributed by atoms with E-state index >= 15 is 0 Å². The number of ether oxygens (including phenoxy) is 1. The van der Waals surface area contributed by atoms with Gasteiger partial charge in [0.2, 0.25) is 0 Å². The molecule has 2 saturated carbocycles. The topological polar surface area (TPSA) is 26.3 Å². The lowest BCUT2D eigenvalue weighted by Crippen LogP contribution is -2.22. The van der Waals surface area contributed by atoms with E-state index < -0.39 is 0 Å². The quantitative estimate of drug-likeness (QED) is 0.776. The zero-order valence-corrected chi connectivity index (χ0v) is 11.2. The highest BCUT2D eigenvalue weighted by atomic mass is 79.9. The summed E-state index contributed by atoms with van der Waals surface area (Å²) in [6, 6.07) is 7.37. The molecular formula is C14H15BrO2. The van der Waals surface area contributed by atoms with Gasteiger partial charge in [-0.2, -0.15) is 0 Å². The molecule has 0 saturated heterocycles. The number of benzene rings is 1. The second kappa shape index (κ2) is 4.45. The van der Waals surface area contributed by atoms with Gasteiger partial charge in [0.05, 0.1) is 5.56 Å². The van der Waals surface area contributed by atoms with Crippen molar-refractivity contribution >= 4 is 21.9 Å². The molecule has 1 aromatic carbocycles. The van der Waals surface area contributed by atoms with Crippen LogP contribution >= 0.6 is 15.9 Å². The average molecular weight is 295 g/mol. The zero-order chi connectivity index (χ0) is 11.8. The fourth-order valence-electron chi connectivity index (χ4n) is 3.16. The lowest BCUT2D eigenvalue weighted by Gasteiger charge is -2.16. The molecule has 3 rings (SSSR count). The van der Waals surface area contributed by atoms with Crippen LogP contribution < -0.4 is 0 Å². The number of esters is 1. The largest absolute Gasteiger partial charge is 0.458 e. The SMILES string of the molecule is O=C(OC1C2CCC1CC2)c1ccc(Br)cc1. The van der Waals surface area contributed by atoms with Crippen LogP contribution in [0.25, 0.3) is 0 Å². The van der Waals surface area contributed by atoms with Crippen molar-refractivity contribution in [2.75, 3.05) is 0 Å². The van der Waals surface area contributed by atoms with Crippen molar-refractivity contribution in [2.45, 2.75) is 31.8 Å². The lowest BCUT2D eigenvalue weighted by molar-refractivity contribution is 0.0186. The molecule has 90 valence electrons. The predicted molar refractivity (Wildman–Crippen MR) is 68.8 cm³/mol. The minimum absolute atomic E-state index is 0.165. The van der Waals surface area contributed by atoms with Crippen molar-refractivity contribution in [1.29, 1.82) is 0 Å². The third kappa shape index (κ3) is 2.13. The van der Waals surface area contributed by atoms with Crippen molar-refractivity contribution in [3.05, 3.63) is 34.3 Å². The third-order valence-electron chi connectivity index (χ3n) is 4.07. The molecule has 3 heteroatoms. The predicted octanol–water partition coefficient (Wildman–Crippen LogP) is 3.79. The maximum absolute atomic E-state index is 12.0. The van der Waals surface area contributed by atoms with Gasteiger partial charge in [0.1, 0.15) is 6.10 Å². The van der Waals surface area contributed by atoms with Crippen LogP contribution in [-0.2, 0) is 4.74 Å². The monoisotopic (exact) mass is 294 g/mol. The number of rotatable bonds is 2. The Labute approximate surface area is 109 Å². The summed E-state index contributed by atoms with van der Waals surface area (Å²) in [4.78, 5) is 12.0. The van der Waals surface area contributed by atoms with Crippen LogP contribution in [0.1, 0.15) is 36.0 Å². The molecule has 0 amide bonds. The summed E-state index contributed by atoms with van der Waals surface area (Å²) in [7, 11) is 0. The van der Waals surface area contributed by atoms with Gasteiger partial charge in [-0.05, 0) is 61.8 Å². The molecule has 0 radical (unpaired) electrons. The summed E-state index contributed by atoms with van der Waals surface area (Å²) < 4.78 is 6.65. The van der Waals surface area contributed by atoms with E-state index in [-0.39, 0.29) is 12.1 Å². The van der Waals surface area contributed by atoms with Crippen LogP contribution in [-0.4, -0.2) is 12.1 Å². The Bertz CT molecular complexity index is 406. The molecule has 2 aliphatic carbocycles. The molecular weight excluding hydrogens is 280 g/mol. The minimum atomic E-state index is -0.165. The molecule has 0 aromatic heterocycles. The standard InChI is InChI=1S/C14H15BrO2/c15-12-7-5-11(6-8-12)14(16)17-13-9-1-2-10(13)4-3-9/h5-10,13H,1-4H2. The van der Waals surface area contributed by atoms with Crippen LogP contribution in [0.3, 0.4) is 0 Å². The minimum Gasteiger partial charge on any atom is -0.458 e. The summed E-state index contributed by atoms with van der Waals surface area (Å²) >= 11 is 3.36. The molecule has 17 heavy (non-hydrogen) atoms. The summed E-state index contributed by atoms with van der Waals surface area (Å²) in [6.45, 7) is 0. The second-order valence-electron chi connectivity index (χ2n) is 5.05. The average Bonchev–Trinajstić information content (AvgIpc) is 2.90. The smallest absolute Gasteiger partial charge is 0.338 e. The van der Waals surface area contributed by atoms with E-state index in [0.717, 1.165) is 4.47 Å². The van der Waals surface area contributed by atoms with Crippen molar-refractivity contribution < 1.29 is 9.53 Å². The lowest BCUT2D eigenvalue weighted by atomic mass is 10.0. The number of fused-ring (bicyclic) bond motifs is 2. The fourth-order valence-corrected chi connectivity index (χ4v) is 3.42. The second-order valence-corrected chi connectivity index (χ2v) is 5.97. The molecule has 0 unspecified atom stereocenters. The summed E-state index contributed by atoms with van der Waals surface area (Å²) in [6.07, 6.45) is 5.14. The van der Waals surface area contributed by atoms with Gasteiger partial charge in [-0.15, -0.1) is 0 Å². The fraction of sp³-hybridized carbons (Fsp3) is 0.500. The van der Waals surface area contributed by atoms with E-state index in [1.165, 1.54) is 25.7 Å². The number of carbonyl (C=O) groups is 1. The van der Waals surface area contributed by atoms with Crippen LogP contribution in [0.15, 0.2) is 28.7 Å². The number of hydrogen-bond acceptors (Lipinski definition) is 2. The van der Waals surface area contributed by atoms with E-state index in [9.17, 15) is 4.79 Å². The van der Waals surface area contributed by atoms with Crippen molar-refractivity contribution in [1.82, 2.24) is 0 Å².